The van der Waals surface area contributed by atoms with Crippen LogP contribution in [0.1, 0.15) is 11.4 Å². The average Bonchev–Trinajstić information content (AvgIpc) is 2.90. The third-order valence-electron chi connectivity index (χ3n) is 2.78. The molecule has 9 heteroatoms. The fourth-order valence-corrected chi connectivity index (χ4v) is 2.68. The number of hydrogen-bond acceptors (Lipinski definition) is 5. The zero-order chi connectivity index (χ0) is 14.5. The first-order valence-corrected chi connectivity index (χ1v) is 6.28. The second-order valence-electron chi connectivity index (χ2n) is 4.07. The smallest absolute Gasteiger partial charge is 0.453 e. The molecule has 1 N–H and O–H groups in total. The predicted molar refractivity (Wildman–Crippen MR) is 65.5 cm³/mol. The van der Waals surface area contributed by atoms with Gasteiger partial charge in [-0.05, 0) is 13.0 Å². The first-order chi connectivity index (χ1) is 9.38. The topological polar surface area (TPSA) is 63.3 Å². The van der Waals surface area contributed by atoms with Crippen molar-refractivity contribution in [1.82, 2.24) is 19.8 Å². The van der Waals surface area contributed by atoms with Gasteiger partial charge in [0.15, 0.2) is 0 Å². The van der Waals surface area contributed by atoms with Crippen molar-refractivity contribution in [1.29, 1.82) is 0 Å². The maximum absolute atomic E-state index is 12.7. The van der Waals surface area contributed by atoms with Crippen LogP contribution in [0.3, 0.4) is 0 Å². The first-order valence-electron chi connectivity index (χ1n) is 5.46. The number of halogens is 3. The van der Waals surface area contributed by atoms with Crippen molar-refractivity contribution >= 4 is 16.3 Å². The van der Waals surface area contributed by atoms with Crippen LogP contribution in [0, 0.1) is 6.92 Å². The lowest BCUT2D eigenvalue weighted by Gasteiger charge is -2.03. The van der Waals surface area contributed by atoms with E-state index in [0.29, 0.717) is 20.6 Å². The monoisotopic (exact) mass is 300 g/mol. The Hall–Kier alpha value is -2.16. The van der Waals surface area contributed by atoms with E-state index in [1.807, 2.05) is 0 Å². The number of rotatable bonds is 1. The molecule has 1 aromatic carbocycles. The molecule has 0 aliphatic rings. The molecule has 0 saturated carbocycles. The van der Waals surface area contributed by atoms with Gasteiger partial charge in [0.25, 0.3) is 5.82 Å². The van der Waals surface area contributed by atoms with Crippen LogP contribution in [0.15, 0.2) is 18.2 Å². The molecule has 0 amide bonds. The van der Waals surface area contributed by atoms with Crippen molar-refractivity contribution in [3.63, 3.8) is 0 Å². The zero-order valence-electron chi connectivity index (χ0n) is 10.0. The number of hydrogen-bond donors (Lipinski definition) is 1. The van der Waals surface area contributed by atoms with E-state index in [9.17, 15) is 18.3 Å². The number of aromatic hydroxyl groups is 1. The van der Waals surface area contributed by atoms with Crippen LogP contribution >= 0.6 is 11.3 Å². The summed E-state index contributed by atoms with van der Waals surface area (Å²) in [5.41, 5.74) is 1.11. The van der Waals surface area contributed by atoms with Crippen molar-refractivity contribution in [2.75, 3.05) is 0 Å². The van der Waals surface area contributed by atoms with Gasteiger partial charge in [0, 0.05) is 11.1 Å². The van der Waals surface area contributed by atoms with Crippen LogP contribution < -0.4 is 0 Å². The van der Waals surface area contributed by atoms with Crippen LogP contribution in [-0.4, -0.2) is 24.9 Å². The molecule has 3 rings (SSSR count). The third kappa shape index (κ3) is 1.90. The third-order valence-corrected chi connectivity index (χ3v) is 3.71. The Balaban J connectivity index is 2.19. The number of alkyl halides is 3. The molecule has 0 unspecified atom stereocenters. The summed E-state index contributed by atoms with van der Waals surface area (Å²) in [6.45, 7) is 1.66. The SMILES string of the molecule is Cc1c(O)cccc1-c1nn2c(C(F)(F)F)nnc2s1. The molecule has 0 fully saturated rings. The second-order valence-corrected chi connectivity index (χ2v) is 5.03. The van der Waals surface area contributed by atoms with Gasteiger partial charge in [-0.3, -0.25) is 0 Å². The maximum Gasteiger partial charge on any atom is 0.453 e. The number of fused-ring (bicyclic) bond motifs is 1. The van der Waals surface area contributed by atoms with Gasteiger partial charge in [-0.25, -0.2) is 0 Å². The Morgan fingerprint density at radius 2 is 2.00 bits per heavy atom. The molecule has 0 aliphatic carbocycles. The van der Waals surface area contributed by atoms with E-state index in [2.05, 4.69) is 15.3 Å². The van der Waals surface area contributed by atoms with E-state index in [1.165, 1.54) is 6.07 Å². The van der Waals surface area contributed by atoms with Gasteiger partial charge in [-0.15, -0.1) is 10.2 Å². The Kier molecular flexibility index (Phi) is 2.68. The van der Waals surface area contributed by atoms with Gasteiger partial charge in [0.05, 0.1) is 0 Å². The molecule has 0 bridgehead atoms. The lowest BCUT2D eigenvalue weighted by atomic mass is 10.1. The highest BCUT2D eigenvalue weighted by Crippen LogP contribution is 2.34. The Morgan fingerprint density at radius 3 is 2.70 bits per heavy atom. The van der Waals surface area contributed by atoms with Gasteiger partial charge >= 0.3 is 6.18 Å². The molecule has 0 atom stereocenters. The van der Waals surface area contributed by atoms with Crippen LogP contribution in [0.4, 0.5) is 13.2 Å². The fraction of sp³-hybridized carbons (Fsp3) is 0.182. The summed E-state index contributed by atoms with van der Waals surface area (Å²) in [6.07, 6.45) is -4.61. The summed E-state index contributed by atoms with van der Waals surface area (Å²) in [4.78, 5) is 0.0510. The summed E-state index contributed by atoms with van der Waals surface area (Å²) in [5, 5.41) is 20.4. The van der Waals surface area contributed by atoms with Gasteiger partial charge < -0.3 is 5.11 Å². The highest BCUT2D eigenvalue weighted by Gasteiger charge is 2.38. The van der Waals surface area contributed by atoms with Gasteiger partial charge in [-0.1, -0.05) is 23.5 Å². The standard InChI is InChI=1S/C11H7F3N4OS/c1-5-6(3-2-4-7(5)19)8-17-18-9(11(12,13)14)15-16-10(18)20-8/h2-4,19H,1H3. The zero-order valence-corrected chi connectivity index (χ0v) is 10.8. The van der Waals surface area contributed by atoms with Gasteiger partial charge in [0.2, 0.25) is 4.96 Å². The molecule has 20 heavy (non-hydrogen) atoms. The Morgan fingerprint density at radius 1 is 1.25 bits per heavy atom. The molecule has 0 aliphatic heterocycles. The quantitative estimate of drug-likeness (QED) is 0.750. The number of phenolic OH excluding ortho intramolecular Hbond substituents is 1. The molecule has 0 radical (unpaired) electrons. The summed E-state index contributed by atoms with van der Waals surface area (Å²) in [5.74, 6) is -1.10. The van der Waals surface area contributed by atoms with E-state index < -0.39 is 12.0 Å². The number of benzene rings is 1. The molecule has 104 valence electrons. The van der Waals surface area contributed by atoms with Gasteiger partial charge in [-0.2, -0.15) is 22.8 Å². The molecule has 5 nitrogen and oxygen atoms in total. The van der Waals surface area contributed by atoms with E-state index >= 15 is 0 Å². The van der Waals surface area contributed by atoms with E-state index in [-0.39, 0.29) is 10.7 Å². The Bertz CT molecular complexity index is 793. The van der Waals surface area contributed by atoms with Crippen molar-refractivity contribution in [3.05, 3.63) is 29.6 Å². The van der Waals surface area contributed by atoms with Crippen LogP contribution in [-0.2, 0) is 6.18 Å². The molecule has 2 aromatic heterocycles. The van der Waals surface area contributed by atoms with Crippen molar-refractivity contribution in [2.45, 2.75) is 13.1 Å². The van der Waals surface area contributed by atoms with E-state index in [0.717, 1.165) is 11.3 Å². The minimum absolute atomic E-state index is 0.0510. The highest BCUT2D eigenvalue weighted by atomic mass is 32.1. The maximum atomic E-state index is 12.7. The predicted octanol–water partition coefficient (Wildman–Crippen LogP) is 2.89. The molecular formula is C11H7F3N4OS. The summed E-state index contributed by atoms with van der Waals surface area (Å²) in [7, 11) is 0. The van der Waals surface area contributed by atoms with Gasteiger partial charge in [0.1, 0.15) is 10.8 Å². The van der Waals surface area contributed by atoms with Crippen molar-refractivity contribution in [3.8, 4) is 16.3 Å². The van der Waals surface area contributed by atoms with E-state index in [4.69, 9.17) is 0 Å². The van der Waals surface area contributed by atoms with Crippen LogP contribution in [0.2, 0.25) is 0 Å². The van der Waals surface area contributed by atoms with Crippen LogP contribution in [0.25, 0.3) is 15.5 Å². The number of nitrogens with zero attached hydrogens (tertiary/aromatic N) is 4. The van der Waals surface area contributed by atoms with Crippen molar-refractivity contribution < 1.29 is 18.3 Å². The summed E-state index contributed by atoms with van der Waals surface area (Å²) < 4.78 is 38.8. The fourth-order valence-electron chi connectivity index (χ4n) is 1.76. The Labute approximate surface area is 114 Å². The number of aromatic nitrogens is 4. The minimum Gasteiger partial charge on any atom is -0.508 e. The summed E-state index contributed by atoms with van der Waals surface area (Å²) in [6, 6.07) is 4.78. The van der Waals surface area contributed by atoms with Crippen molar-refractivity contribution in [2.24, 2.45) is 0 Å². The molecule has 0 saturated heterocycles. The normalized spacial score (nSPS) is 12.2. The summed E-state index contributed by atoms with van der Waals surface area (Å²) >= 11 is 0.977. The number of phenols is 1. The highest BCUT2D eigenvalue weighted by molar-refractivity contribution is 7.19. The largest absolute Gasteiger partial charge is 0.508 e. The average molecular weight is 300 g/mol. The first kappa shape index (κ1) is 12.9. The minimum atomic E-state index is -4.61. The molecule has 3 aromatic rings. The van der Waals surface area contributed by atoms with E-state index in [1.54, 1.807) is 19.1 Å². The molecule has 0 spiro atoms. The second kappa shape index (κ2) is 4.17. The molecular weight excluding hydrogens is 293 g/mol. The van der Waals surface area contributed by atoms with Crippen LogP contribution in [0.5, 0.6) is 5.75 Å². The molecule has 2 heterocycles. The lowest BCUT2D eigenvalue weighted by Crippen LogP contribution is -2.11. The lowest BCUT2D eigenvalue weighted by molar-refractivity contribution is -0.146.